The summed E-state index contributed by atoms with van der Waals surface area (Å²) in [5, 5.41) is 10.0. The van der Waals surface area contributed by atoms with Gasteiger partial charge in [-0.2, -0.15) is 0 Å². The van der Waals surface area contributed by atoms with Crippen LogP contribution in [-0.2, 0) is 4.74 Å². The smallest absolute Gasteiger partial charge is 0.136 e. The number of quaternary nitrogens is 1. The fourth-order valence-electron chi connectivity index (χ4n) is 3.37. The van der Waals surface area contributed by atoms with Crippen LogP contribution in [0.1, 0.15) is 24.1 Å². The minimum absolute atomic E-state index is 0.0916. The van der Waals surface area contributed by atoms with E-state index in [-0.39, 0.29) is 17.8 Å². The lowest BCUT2D eigenvalue weighted by molar-refractivity contribution is -0.940. The fourth-order valence-corrected chi connectivity index (χ4v) is 3.75. The Morgan fingerprint density at radius 3 is 2.60 bits per heavy atom. The number of ether oxygens (including phenoxy) is 1. The summed E-state index contributed by atoms with van der Waals surface area (Å²) in [6, 6.07) is 16.3. The van der Waals surface area contributed by atoms with Gasteiger partial charge in [0.05, 0.1) is 13.2 Å². The topological polar surface area (TPSA) is 46.3 Å². The largest absolute Gasteiger partial charge is 0.507 e. The molecule has 25 heavy (non-hydrogen) atoms. The van der Waals surface area contributed by atoms with Crippen LogP contribution in [0.15, 0.2) is 58.0 Å². The molecule has 2 aromatic rings. The Morgan fingerprint density at radius 2 is 1.88 bits per heavy atom. The molecule has 0 aromatic heterocycles. The number of nitrogens with one attached hydrogen (secondary N) is 1. The first-order valence-corrected chi connectivity index (χ1v) is 9.43. The summed E-state index contributed by atoms with van der Waals surface area (Å²) < 4.78 is 6.45. The van der Waals surface area contributed by atoms with Crippen LogP contribution in [0.5, 0.6) is 5.75 Å². The van der Waals surface area contributed by atoms with Crippen LogP contribution >= 0.6 is 15.9 Å². The number of phenols is 1. The highest BCUT2D eigenvalue weighted by molar-refractivity contribution is 9.10. The molecule has 4 nitrogen and oxygen atoms in total. The lowest BCUT2D eigenvalue weighted by atomic mass is 9.98. The van der Waals surface area contributed by atoms with Crippen molar-refractivity contribution >= 4 is 22.1 Å². The first-order valence-electron chi connectivity index (χ1n) is 8.64. The van der Waals surface area contributed by atoms with Gasteiger partial charge in [0.25, 0.3) is 0 Å². The Morgan fingerprint density at radius 1 is 1.16 bits per heavy atom. The SMILES string of the molecule is C[C@@H](N=Cc1cc(Br)ccc1O)[C@@H](c1ccccc1)[NH+]1CCOCC1. The summed E-state index contributed by atoms with van der Waals surface area (Å²) in [7, 11) is 0. The van der Waals surface area contributed by atoms with Crippen LogP contribution in [0.25, 0.3) is 0 Å². The molecule has 0 bridgehead atoms. The van der Waals surface area contributed by atoms with Gasteiger partial charge in [0.2, 0.25) is 0 Å². The van der Waals surface area contributed by atoms with Crippen molar-refractivity contribution in [3.63, 3.8) is 0 Å². The Balaban J connectivity index is 1.84. The normalized spacial score (nSPS) is 18.3. The summed E-state index contributed by atoms with van der Waals surface area (Å²) in [6.07, 6.45) is 1.78. The molecule has 3 rings (SSSR count). The monoisotopic (exact) mass is 403 g/mol. The van der Waals surface area contributed by atoms with E-state index in [1.807, 2.05) is 18.2 Å². The molecule has 1 fully saturated rings. The lowest BCUT2D eigenvalue weighted by Gasteiger charge is -2.33. The highest BCUT2D eigenvalue weighted by atomic mass is 79.9. The van der Waals surface area contributed by atoms with Gasteiger partial charge in [0.15, 0.2) is 0 Å². The van der Waals surface area contributed by atoms with Crippen LogP contribution in [0.4, 0.5) is 0 Å². The van der Waals surface area contributed by atoms with Crippen molar-refractivity contribution in [2.75, 3.05) is 26.3 Å². The number of benzene rings is 2. The molecule has 5 heteroatoms. The predicted octanol–water partition coefficient (Wildman–Crippen LogP) is 2.62. The van der Waals surface area contributed by atoms with E-state index in [1.54, 1.807) is 12.3 Å². The minimum atomic E-state index is 0.0916. The third-order valence-corrected chi connectivity index (χ3v) is 5.15. The summed E-state index contributed by atoms with van der Waals surface area (Å²) in [5.74, 6) is 0.245. The Hall–Kier alpha value is -1.69. The van der Waals surface area contributed by atoms with Crippen molar-refractivity contribution in [3.8, 4) is 5.75 Å². The number of rotatable bonds is 5. The number of halogens is 1. The molecule has 1 aliphatic heterocycles. The van der Waals surface area contributed by atoms with Crippen molar-refractivity contribution in [1.29, 1.82) is 0 Å². The van der Waals surface area contributed by atoms with Gasteiger partial charge in [-0.1, -0.05) is 46.3 Å². The van der Waals surface area contributed by atoms with E-state index in [4.69, 9.17) is 9.73 Å². The maximum absolute atomic E-state index is 10.0. The summed E-state index contributed by atoms with van der Waals surface area (Å²) in [6.45, 7) is 5.71. The Labute approximate surface area is 157 Å². The highest BCUT2D eigenvalue weighted by Crippen LogP contribution is 2.21. The zero-order valence-corrected chi connectivity index (χ0v) is 15.9. The summed E-state index contributed by atoms with van der Waals surface area (Å²) in [4.78, 5) is 6.28. The van der Waals surface area contributed by atoms with E-state index in [2.05, 4.69) is 47.1 Å². The average Bonchev–Trinajstić information content (AvgIpc) is 2.64. The van der Waals surface area contributed by atoms with E-state index < -0.39 is 0 Å². The Kier molecular flexibility index (Phi) is 6.24. The zero-order valence-electron chi connectivity index (χ0n) is 14.4. The van der Waals surface area contributed by atoms with Gasteiger partial charge in [-0.05, 0) is 25.1 Å². The fraction of sp³-hybridized carbons (Fsp3) is 0.350. The molecule has 2 atom stereocenters. The van der Waals surface area contributed by atoms with Crippen LogP contribution in [-0.4, -0.2) is 43.7 Å². The standard InChI is InChI=1S/C20H23BrN2O2/c1-15(22-14-17-13-18(21)7-8-19(17)24)20(16-5-3-2-4-6-16)23-9-11-25-12-10-23/h2-8,13-15,20,24H,9-12H2,1H3/p+1/t15-,20+/m1/s1. The third kappa shape index (κ3) is 4.69. The molecular formula is C20H24BrN2O2+. The molecule has 1 aliphatic rings. The molecule has 0 aliphatic carbocycles. The van der Waals surface area contributed by atoms with Gasteiger partial charge < -0.3 is 14.7 Å². The van der Waals surface area contributed by atoms with Gasteiger partial charge in [-0.3, -0.25) is 4.99 Å². The molecule has 0 amide bonds. The lowest BCUT2D eigenvalue weighted by Crippen LogP contribution is -3.15. The van der Waals surface area contributed by atoms with E-state index in [9.17, 15) is 5.11 Å². The predicted molar refractivity (Wildman–Crippen MR) is 104 cm³/mol. The molecule has 132 valence electrons. The van der Waals surface area contributed by atoms with Crippen LogP contribution in [0.2, 0.25) is 0 Å². The van der Waals surface area contributed by atoms with Gasteiger partial charge in [-0.25, -0.2) is 0 Å². The number of phenolic OH excluding ortho intramolecular Hbond substituents is 1. The number of nitrogens with zero attached hydrogens (tertiary/aromatic N) is 1. The molecule has 0 spiro atoms. The van der Waals surface area contributed by atoms with Gasteiger partial charge in [-0.15, -0.1) is 0 Å². The number of morpholine rings is 1. The van der Waals surface area contributed by atoms with Crippen LogP contribution in [0.3, 0.4) is 0 Å². The molecule has 2 N–H and O–H groups in total. The van der Waals surface area contributed by atoms with E-state index in [1.165, 1.54) is 10.5 Å². The molecule has 0 saturated carbocycles. The van der Waals surface area contributed by atoms with Crippen molar-refractivity contribution in [1.82, 2.24) is 0 Å². The third-order valence-electron chi connectivity index (χ3n) is 4.65. The highest BCUT2D eigenvalue weighted by Gasteiger charge is 2.30. The van der Waals surface area contributed by atoms with Crippen molar-refractivity contribution in [2.45, 2.75) is 19.0 Å². The van der Waals surface area contributed by atoms with Crippen molar-refractivity contribution < 1.29 is 14.7 Å². The van der Waals surface area contributed by atoms with Crippen molar-refractivity contribution in [3.05, 3.63) is 64.1 Å². The molecule has 2 aromatic carbocycles. The number of hydrogen-bond donors (Lipinski definition) is 2. The summed E-state index contributed by atoms with van der Waals surface area (Å²) in [5.41, 5.74) is 2.02. The quantitative estimate of drug-likeness (QED) is 0.753. The maximum Gasteiger partial charge on any atom is 0.136 e. The molecule has 1 saturated heterocycles. The van der Waals surface area contributed by atoms with E-state index in [0.717, 1.165) is 36.3 Å². The number of aromatic hydroxyl groups is 1. The molecule has 1 heterocycles. The number of aliphatic imine (C=N–C) groups is 1. The van der Waals surface area contributed by atoms with Gasteiger partial charge in [0.1, 0.15) is 30.9 Å². The van der Waals surface area contributed by atoms with E-state index >= 15 is 0 Å². The van der Waals surface area contributed by atoms with E-state index in [0.29, 0.717) is 0 Å². The van der Waals surface area contributed by atoms with Gasteiger partial charge >= 0.3 is 0 Å². The zero-order chi connectivity index (χ0) is 17.6. The summed E-state index contributed by atoms with van der Waals surface area (Å²) >= 11 is 3.44. The maximum atomic E-state index is 10.0. The van der Waals surface area contributed by atoms with Gasteiger partial charge in [0, 0.05) is 21.8 Å². The second-order valence-electron chi connectivity index (χ2n) is 6.38. The van der Waals surface area contributed by atoms with Crippen LogP contribution in [0, 0.1) is 0 Å². The minimum Gasteiger partial charge on any atom is -0.507 e. The number of hydrogen-bond acceptors (Lipinski definition) is 3. The van der Waals surface area contributed by atoms with Crippen molar-refractivity contribution in [2.24, 2.45) is 4.99 Å². The Bertz CT molecular complexity index is 715. The molecular weight excluding hydrogens is 380 g/mol. The first-order chi connectivity index (χ1) is 12.1. The molecule has 0 radical (unpaired) electrons. The molecule has 0 unspecified atom stereocenters. The van der Waals surface area contributed by atoms with Crippen LogP contribution < -0.4 is 4.90 Å². The second kappa shape index (κ2) is 8.61. The average molecular weight is 404 g/mol. The first kappa shape index (κ1) is 18.1. The second-order valence-corrected chi connectivity index (χ2v) is 7.30.